The molecule has 1 aliphatic heterocycles. The Morgan fingerprint density at radius 1 is 1.19 bits per heavy atom. The van der Waals surface area contributed by atoms with E-state index >= 15 is 0 Å². The predicted molar refractivity (Wildman–Crippen MR) is 102 cm³/mol. The number of nitrogens with one attached hydrogen (secondary N) is 1. The lowest BCUT2D eigenvalue weighted by Gasteiger charge is -2.15. The minimum absolute atomic E-state index is 0.0251. The Balaban J connectivity index is 1.57. The molecule has 5 nitrogen and oxygen atoms in total. The second kappa shape index (κ2) is 8.43. The van der Waals surface area contributed by atoms with E-state index in [4.69, 9.17) is 27.9 Å². The van der Waals surface area contributed by atoms with Gasteiger partial charge in [-0.2, -0.15) is 0 Å². The molecule has 0 spiro atoms. The SMILES string of the molecule is O=C(CN1CCCC1=O)Nc1cccc(OCc2ccc(Cl)cc2Cl)c1. The minimum atomic E-state index is -0.224. The molecule has 0 radical (unpaired) electrons. The van der Waals surface area contributed by atoms with Crippen molar-refractivity contribution in [3.05, 3.63) is 58.1 Å². The van der Waals surface area contributed by atoms with Crippen LogP contribution in [0.3, 0.4) is 0 Å². The zero-order valence-electron chi connectivity index (χ0n) is 14.0. The van der Waals surface area contributed by atoms with Crippen molar-refractivity contribution in [3.63, 3.8) is 0 Å². The molecular weight excluding hydrogens is 375 g/mol. The standard InChI is InChI=1S/C19H18Cl2N2O3/c20-14-7-6-13(17(21)9-14)12-26-16-4-1-3-15(10-16)22-18(24)11-23-8-2-5-19(23)25/h1,3-4,6-7,9-10H,2,5,8,11-12H2,(H,22,24). The number of amides is 2. The average Bonchev–Trinajstić information content (AvgIpc) is 2.99. The van der Waals surface area contributed by atoms with Crippen LogP contribution in [0.2, 0.25) is 10.0 Å². The summed E-state index contributed by atoms with van der Waals surface area (Å²) >= 11 is 12.0. The third-order valence-corrected chi connectivity index (χ3v) is 4.62. The van der Waals surface area contributed by atoms with Crippen molar-refractivity contribution in [2.45, 2.75) is 19.4 Å². The highest BCUT2D eigenvalue weighted by Crippen LogP contribution is 2.24. The first-order valence-corrected chi connectivity index (χ1v) is 9.01. The van der Waals surface area contributed by atoms with E-state index in [0.717, 1.165) is 12.0 Å². The first kappa shape index (κ1) is 18.5. The first-order valence-electron chi connectivity index (χ1n) is 8.26. The van der Waals surface area contributed by atoms with Crippen LogP contribution in [-0.2, 0) is 16.2 Å². The van der Waals surface area contributed by atoms with E-state index in [0.29, 0.717) is 34.4 Å². The third-order valence-electron chi connectivity index (χ3n) is 4.03. The first-order chi connectivity index (χ1) is 12.5. The molecule has 0 bridgehead atoms. The Kier molecular flexibility index (Phi) is 6.01. The van der Waals surface area contributed by atoms with Gasteiger partial charge in [0.15, 0.2) is 0 Å². The second-order valence-corrected chi connectivity index (χ2v) is 6.86. The van der Waals surface area contributed by atoms with E-state index in [1.54, 1.807) is 41.3 Å². The van der Waals surface area contributed by atoms with Gasteiger partial charge < -0.3 is 15.0 Å². The molecule has 1 aliphatic rings. The maximum atomic E-state index is 12.1. The Hall–Kier alpha value is -2.24. The van der Waals surface area contributed by atoms with Gasteiger partial charge in [-0.1, -0.05) is 35.3 Å². The molecule has 0 aliphatic carbocycles. The second-order valence-electron chi connectivity index (χ2n) is 6.02. The molecule has 1 N–H and O–H groups in total. The van der Waals surface area contributed by atoms with Crippen LogP contribution in [0, 0.1) is 0 Å². The largest absolute Gasteiger partial charge is 0.489 e. The Labute approximate surface area is 161 Å². The topological polar surface area (TPSA) is 58.6 Å². The maximum absolute atomic E-state index is 12.1. The number of anilines is 1. The highest BCUT2D eigenvalue weighted by Gasteiger charge is 2.22. The molecule has 0 atom stereocenters. The Morgan fingerprint density at radius 3 is 2.77 bits per heavy atom. The fourth-order valence-electron chi connectivity index (χ4n) is 2.71. The minimum Gasteiger partial charge on any atom is -0.489 e. The quantitative estimate of drug-likeness (QED) is 0.803. The summed E-state index contributed by atoms with van der Waals surface area (Å²) in [6.45, 7) is 0.997. The third kappa shape index (κ3) is 4.90. The highest BCUT2D eigenvalue weighted by atomic mass is 35.5. The van der Waals surface area contributed by atoms with Crippen molar-refractivity contribution in [1.82, 2.24) is 4.90 Å². The molecule has 26 heavy (non-hydrogen) atoms. The van der Waals surface area contributed by atoms with Gasteiger partial charge in [0.25, 0.3) is 0 Å². The number of benzene rings is 2. The average molecular weight is 393 g/mol. The van der Waals surface area contributed by atoms with Crippen LogP contribution >= 0.6 is 23.2 Å². The van der Waals surface area contributed by atoms with Gasteiger partial charge >= 0.3 is 0 Å². The van der Waals surface area contributed by atoms with Gasteiger partial charge in [-0.05, 0) is 30.7 Å². The summed E-state index contributed by atoms with van der Waals surface area (Å²) in [4.78, 5) is 25.3. The molecule has 2 aromatic rings. The molecule has 0 saturated carbocycles. The summed E-state index contributed by atoms with van der Waals surface area (Å²) in [5.74, 6) is 0.404. The molecule has 1 heterocycles. The summed E-state index contributed by atoms with van der Waals surface area (Å²) in [6, 6.07) is 12.3. The summed E-state index contributed by atoms with van der Waals surface area (Å²) in [6.07, 6.45) is 1.33. The van der Waals surface area contributed by atoms with Crippen molar-refractivity contribution in [2.75, 3.05) is 18.4 Å². The van der Waals surface area contributed by atoms with E-state index in [9.17, 15) is 9.59 Å². The Bertz CT molecular complexity index is 826. The molecule has 0 aromatic heterocycles. The number of halogens is 2. The van der Waals surface area contributed by atoms with Gasteiger partial charge in [-0.25, -0.2) is 0 Å². The number of ether oxygens (including phenoxy) is 1. The molecule has 1 saturated heterocycles. The van der Waals surface area contributed by atoms with Crippen LogP contribution in [0.15, 0.2) is 42.5 Å². The molecule has 1 fully saturated rings. The van der Waals surface area contributed by atoms with E-state index in [1.807, 2.05) is 6.07 Å². The lowest BCUT2D eigenvalue weighted by molar-refractivity contribution is -0.131. The maximum Gasteiger partial charge on any atom is 0.243 e. The molecule has 3 rings (SSSR count). The van der Waals surface area contributed by atoms with E-state index in [2.05, 4.69) is 5.32 Å². The van der Waals surface area contributed by atoms with Gasteiger partial charge in [-0.3, -0.25) is 9.59 Å². The van der Waals surface area contributed by atoms with Crippen molar-refractivity contribution in [1.29, 1.82) is 0 Å². The summed E-state index contributed by atoms with van der Waals surface area (Å²) in [5, 5.41) is 3.90. The summed E-state index contributed by atoms with van der Waals surface area (Å²) in [5.41, 5.74) is 1.43. The molecule has 7 heteroatoms. The number of hydrogen-bond acceptors (Lipinski definition) is 3. The molecular formula is C19H18Cl2N2O3. The fraction of sp³-hybridized carbons (Fsp3) is 0.263. The Morgan fingerprint density at radius 2 is 2.04 bits per heavy atom. The van der Waals surface area contributed by atoms with Crippen LogP contribution in [0.5, 0.6) is 5.75 Å². The van der Waals surface area contributed by atoms with Gasteiger partial charge in [0.05, 0.1) is 6.54 Å². The molecule has 0 unspecified atom stereocenters. The van der Waals surface area contributed by atoms with Gasteiger partial charge in [0, 0.05) is 40.3 Å². The van der Waals surface area contributed by atoms with E-state index < -0.39 is 0 Å². The van der Waals surface area contributed by atoms with E-state index in [1.165, 1.54) is 0 Å². The van der Waals surface area contributed by atoms with Crippen LogP contribution in [0.25, 0.3) is 0 Å². The van der Waals surface area contributed by atoms with Crippen molar-refractivity contribution >= 4 is 40.7 Å². The van der Waals surface area contributed by atoms with Gasteiger partial charge in [0.1, 0.15) is 12.4 Å². The van der Waals surface area contributed by atoms with Crippen LogP contribution in [0.4, 0.5) is 5.69 Å². The number of rotatable bonds is 6. The fourth-order valence-corrected chi connectivity index (χ4v) is 3.17. The zero-order chi connectivity index (χ0) is 18.5. The van der Waals surface area contributed by atoms with Crippen molar-refractivity contribution in [2.24, 2.45) is 0 Å². The number of likely N-dealkylation sites (tertiary alicyclic amines) is 1. The summed E-state index contributed by atoms with van der Waals surface area (Å²) < 4.78 is 5.74. The van der Waals surface area contributed by atoms with Gasteiger partial charge in [-0.15, -0.1) is 0 Å². The lowest BCUT2D eigenvalue weighted by atomic mass is 10.2. The number of hydrogen-bond donors (Lipinski definition) is 1. The highest BCUT2D eigenvalue weighted by molar-refractivity contribution is 6.35. The van der Waals surface area contributed by atoms with Crippen molar-refractivity contribution in [3.8, 4) is 5.75 Å². The monoisotopic (exact) mass is 392 g/mol. The predicted octanol–water partition coefficient (Wildman–Crippen LogP) is 4.13. The number of nitrogens with zero attached hydrogens (tertiary/aromatic N) is 1. The normalized spacial score (nSPS) is 13.8. The van der Waals surface area contributed by atoms with Crippen LogP contribution in [0.1, 0.15) is 18.4 Å². The molecule has 2 amide bonds. The number of carbonyl (C=O) groups excluding carboxylic acids is 2. The lowest BCUT2D eigenvalue weighted by Crippen LogP contribution is -2.33. The van der Waals surface area contributed by atoms with Crippen LogP contribution in [-0.4, -0.2) is 29.8 Å². The smallest absolute Gasteiger partial charge is 0.243 e. The molecule has 136 valence electrons. The van der Waals surface area contributed by atoms with E-state index in [-0.39, 0.29) is 25.0 Å². The summed E-state index contributed by atoms with van der Waals surface area (Å²) in [7, 11) is 0. The zero-order valence-corrected chi connectivity index (χ0v) is 15.5. The van der Waals surface area contributed by atoms with Gasteiger partial charge in [0.2, 0.25) is 11.8 Å². The van der Waals surface area contributed by atoms with Crippen LogP contribution < -0.4 is 10.1 Å². The van der Waals surface area contributed by atoms with Crippen molar-refractivity contribution < 1.29 is 14.3 Å². The molecule has 2 aromatic carbocycles. The number of carbonyl (C=O) groups is 2.